The second-order valence-corrected chi connectivity index (χ2v) is 5.25. The first-order chi connectivity index (χ1) is 9.49. The molecule has 0 spiro atoms. The number of hydrogen-bond acceptors (Lipinski definition) is 3. The molecule has 112 valence electrons. The third-order valence-corrected chi connectivity index (χ3v) is 3.20. The van der Waals surface area contributed by atoms with E-state index in [-0.39, 0.29) is 5.91 Å². The van der Waals surface area contributed by atoms with Crippen molar-refractivity contribution in [3.8, 4) is 5.75 Å². The molecule has 4 nitrogen and oxygen atoms in total. The van der Waals surface area contributed by atoms with E-state index in [0.29, 0.717) is 19.6 Å². The van der Waals surface area contributed by atoms with E-state index in [1.54, 1.807) is 6.92 Å². The van der Waals surface area contributed by atoms with Gasteiger partial charge >= 0.3 is 0 Å². The zero-order valence-electron chi connectivity index (χ0n) is 12.7. The Morgan fingerprint density at radius 2 is 2.15 bits per heavy atom. The van der Waals surface area contributed by atoms with Gasteiger partial charge in [0.05, 0.1) is 12.1 Å². The fourth-order valence-corrected chi connectivity index (χ4v) is 2.11. The number of rotatable bonds is 8. The predicted molar refractivity (Wildman–Crippen MR) is 81.8 cm³/mol. The van der Waals surface area contributed by atoms with Crippen molar-refractivity contribution >= 4 is 5.91 Å². The molecule has 0 aliphatic rings. The highest BCUT2D eigenvalue weighted by Gasteiger charge is 2.26. The molecule has 1 amide bonds. The minimum absolute atomic E-state index is 0.0830. The van der Waals surface area contributed by atoms with Crippen LogP contribution in [-0.2, 0) is 11.2 Å². The van der Waals surface area contributed by atoms with Gasteiger partial charge in [-0.3, -0.25) is 4.79 Å². The quantitative estimate of drug-likeness (QED) is 0.766. The summed E-state index contributed by atoms with van der Waals surface area (Å²) >= 11 is 0. The van der Waals surface area contributed by atoms with E-state index < -0.39 is 5.54 Å². The van der Waals surface area contributed by atoms with Crippen LogP contribution in [0.3, 0.4) is 0 Å². The van der Waals surface area contributed by atoms with Crippen LogP contribution in [-0.4, -0.2) is 24.6 Å². The number of carbonyl (C=O) groups excluding carboxylic acids is 1. The van der Waals surface area contributed by atoms with Crippen molar-refractivity contribution in [3.63, 3.8) is 0 Å². The molecule has 0 fully saturated rings. The van der Waals surface area contributed by atoms with E-state index in [1.807, 2.05) is 38.1 Å². The van der Waals surface area contributed by atoms with Gasteiger partial charge in [0.15, 0.2) is 0 Å². The van der Waals surface area contributed by atoms with Crippen LogP contribution in [0.1, 0.15) is 39.2 Å². The summed E-state index contributed by atoms with van der Waals surface area (Å²) in [5.74, 6) is 0.784. The Labute approximate surface area is 121 Å². The molecule has 1 aromatic carbocycles. The van der Waals surface area contributed by atoms with Gasteiger partial charge in [-0.05, 0) is 44.4 Å². The van der Waals surface area contributed by atoms with Gasteiger partial charge in [-0.2, -0.15) is 0 Å². The van der Waals surface area contributed by atoms with Crippen molar-refractivity contribution in [1.82, 2.24) is 5.32 Å². The summed E-state index contributed by atoms with van der Waals surface area (Å²) < 4.78 is 5.45. The van der Waals surface area contributed by atoms with Gasteiger partial charge in [0.2, 0.25) is 5.91 Å². The summed E-state index contributed by atoms with van der Waals surface area (Å²) in [5.41, 5.74) is 6.35. The number of nitrogens with two attached hydrogens (primary N) is 1. The zero-order valence-corrected chi connectivity index (χ0v) is 12.7. The summed E-state index contributed by atoms with van der Waals surface area (Å²) in [6, 6.07) is 7.93. The number of benzene rings is 1. The zero-order chi connectivity index (χ0) is 15.0. The van der Waals surface area contributed by atoms with Crippen LogP contribution in [0.15, 0.2) is 24.3 Å². The normalized spacial score (nSPS) is 13.6. The lowest BCUT2D eigenvalue weighted by Gasteiger charge is -2.22. The first kappa shape index (κ1) is 16.5. The van der Waals surface area contributed by atoms with Gasteiger partial charge < -0.3 is 15.8 Å². The summed E-state index contributed by atoms with van der Waals surface area (Å²) in [7, 11) is 0. The minimum atomic E-state index is -0.776. The van der Waals surface area contributed by atoms with Crippen LogP contribution < -0.4 is 15.8 Å². The third-order valence-electron chi connectivity index (χ3n) is 3.20. The topological polar surface area (TPSA) is 64.4 Å². The fraction of sp³-hybridized carbons (Fsp3) is 0.562. The largest absolute Gasteiger partial charge is 0.494 e. The molecule has 0 radical (unpaired) electrons. The first-order valence-corrected chi connectivity index (χ1v) is 7.28. The number of hydrogen-bond donors (Lipinski definition) is 2. The molecule has 0 saturated heterocycles. The van der Waals surface area contributed by atoms with Crippen molar-refractivity contribution in [3.05, 3.63) is 29.8 Å². The van der Waals surface area contributed by atoms with E-state index in [1.165, 1.54) is 0 Å². The number of nitrogens with one attached hydrogen (secondary N) is 1. The number of amides is 1. The smallest absolute Gasteiger partial charge is 0.239 e. The van der Waals surface area contributed by atoms with Gasteiger partial charge in [0.25, 0.3) is 0 Å². The minimum Gasteiger partial charge on any atom is -0.494 e. The Kier molecular flexibility index (Phi) is 6.52. The van der Waals surface area contributed by atoms with Gasteiger partial charge in [-0.1, -0.05) is 25.5 Å². The van der Waals surface area contributed by atoms with Crippen molar-refractivity contribution in [2.24, 2.45) is 5.73 Å². The highest BCUT2D eigenvalue weighted by atomic mass is 16.5. The standard InChI is InChI=1S/C16H26N2O2/c1-4-10-16(3,17)15(19)18-11-9-13-7-6-8-14(12-13)20-5-2/h6-8,12H,4-5,9-11,17H2,1-3H3,(H,18,19). The molecule has 1 unspecified atom stereocenters. The number of ether oxygens (including phenoxy) is 1. The van der Waals surface area contributed by atoms with Gasteiger partial charge in [0.1, 0.15) is 5.75 Å². The molecular formula is C16H26N2O2. The molecule has 20 heavy (non-hydrogen) atoms. The Bertz CT molecular complexity index is 430. The SMILES string of the molecule is CCCC(C)(N)C(=O)NCCc1cccc(OCC)c1. The lowest BCUT2D eigenvalue weighted by Crippen LogP contribution is -2.51. The lowest BCUT2D eigenvalue weighted by molar-refractivity contribution is -0.126. The van der Waals surface area contributed by atoms with Crippen LogP contribution >= 0.6 is 0 Å². The summed E-state index contributed by atoms with van der Waals surface area (Å²) in [5, 5.41) is 2.90. The van der Waals surface area contributed by atoms with Gasteiger partial charge in [-0.25, -0.2) is 0 Å². The Morgan fingerprint density at radius 3 is 2.80 bits per heavy atom. The Morgan fingerprint density at radius 1 is 1.40 bits per heavy atom. The maximum absolute atomic E-state index is 12.0. The lowest BCUT2D eigenvalue weighted by atomic mass is 9.96. The van der Waals surface area contributed by atoms with Crippen molar-refractivity contribution in [1.29, 1.82) is 0 Å². The highest BCUT2D eigenvalue weighted by molar-refractivity contribution is 5.85. The molecule has 4 heteroatoms. The second-order valence-electron chi connectivity index (χ2n) is 5.25. The van der Waals surface area contributed by atoms with Crippen LogP contribution in [0.4, 0.5) is 0 Å². The Balaban J connectivity index is 2.44. The second kappa shape index (κ2) is 7.90. The molecule has 0 saturated carbocycles. The van der Waals surface area contributed by atoms with E-state index in [4.69, 9.17) is 10.5 Å². The molecule has 0 bridgehead atoms. The first-order valence-electron chi connectivity index (χ1n) is 7.28. The number of carbonyl (C=O) groups is 1. The molecule has 1 atom stereocenters. The van der Waals surface area contributed by atoms with Crippen LogP contribution in [0.5, 0.6) is 5.75 Å². The van der Waals surface area contributed by atoms with Gasteiger partial charge in [-0.15, -0.1) is 0 Å². The van der Waals surface area contributed by atoms with Crippen molar-refractivity contribution < 1.29 is 9.53 Å². The average molecular weight is 278 g/mol. The van der Waals surface area contributed by atoms with E-state index in [9.17, 15) is 4.79 Å². The molecule has 0 aromatic heterocycles. The monoisotopic (exact) mass is 278 g/mol. The molecule has 3 N–H and O–H groups in total. The fourth-order valence-electron chi connectivity index (χ4n) is 2.11. The van der Waals surface area contributed by atoms with Gasteiger partial charge in [0, 0.05) is 6.54 Å². The van der Waals surface area contributed by atoms with Crippen molar-refractivity contribution in [2.75, 3.05) is 13.2 Å². The van der Waals surface area contributed by atoms with Crippen LogP contribution in [0.2, 0.25) is 0 Å². The van der Waals surface area contributed by atoms with E-state index in [2.05, 4.69) is 5.32 Å². The molecule has 1 aromatic rings. The highest BCUT2D eigenvalue weighted by Crippen LogP contribution is 2.13. The summed E-state index contributed by atoms with van der Waals surface area (Å²) in [6.07, 6.45) is 2.37. The maximum atomic E-state index is 12.0. The average Bonchev–Trinajstić information content (AvgIpc) is 2.39. The Hall–Kier alpha value is -1.55. The third kappa shape index (κ3) is 5.21. The van der Waals surface area contributed by atoms with Crippen molar-refractivity contribution in [2.45, 2.75) is 45.6 Å². The molecule has 0 aliphatic heterocycles. The molecule has 0 heterocycles. The summed E-state index contributed by atoms with van der Waals surface area (Å²) in [6.45, 7) is 7.01. The van der Waals surface area contributed by atoms with Crippen LogP contribution in [0, 0.1) is 0 Å². The predicted octanol–water partition coefficient (Wildman–Crippen LogP) is 2.26. The summed E-state index contributed by atoms with van der Waals surface area (Å²) in [4.78, 5) is 12.0. The maximum Gasteiger partial charge on any atom is 0.239 e. The molecule has 0 aliphatic carbocycles. The van der Waals surface area contributed by atoms with E-state index >= 15 is 0 Å². The molecular weight excluding hydrogens is 252 g/mol. The van der Waals surface area contributed by atoms with E-state index in [0.717, 1.165) is 24.2 Å². The van der Waals surface area contributed by atoms with Crippen LogP contribution in [0.25, 0.3) is 0 Å². The molecule has 1 rings (SSSR count).